The van der Waals surface area contributed by atoms with Gasteiger partial charge in [-0.25, -0.2) is 0 Å². The highest BCUT2D eigenvalue weighted by molar-refractivity contribution is 6.39. The predicted octanol–water partition coefficient (Wildman–Crippen LogP) is 2.19. The molecule has 1 aromatic carbocycles. The average Bonchev–Trinajstić information content (AvgIpc) is 2.46. The Morgan fingerprint density at radius 2 is 1.96 bits per heavy atom. The zero-order chi connectivity index (χ0) is 17.8. The summed E-state index contributed by atoms with van der Waals surface area (Å²) >= 11 is 0. The number of ether oxygens (including phenoxy) is 1. The Kier molecular flexibility index (Phi) is 5.67. The van der Waals surface area contributed by atoms with E-state index in [-0.39, 0.29) is 17.1 Å². The molecule has 0 aliphatic rings. The molecule has 8 nitrogen and oxygen atoms in total. The van der Waals surface area contributed by atoms with Gasteiger partial charge in [-0.2, -0.15) is 0 Å². The first-order chi connectivity index (χ1) is 10.6. The van der Waals surface area contributed by atoms with Crippen LogP contribution in [0.15, 0.2) is 18.2 Å². The maximum absolute atomic E-state index is 12.3. The van der Waals surface area contributed by atoms with Crippen molar-refractivity contribution in [1.82, 2.24) is 4.90 Å². The fraction of sp³-hybridized carbons (Fsp3) is 0.467. The molecule has 2 amide bonds. The number of carbonyl (C=O) groups excluding carboxylic acids is 2. The van der Waals surface area contributed by atoms with Crippen molar-refractivity contribution in [3.05, 3.63) is 28.3 Å². The lowest BCUT2D eigenvalue weighted by Gasteiger charge is -2.34. The topological polar surface area (TPSA) is 102 Å². The highest BCUT2D eigenvalue weighted by atomic mass is 16.6. The van der Waals surface area contributed by atoms with Crippen LogP contribution in [0.4, 0.5) is 11.4 Å². The summed E-state index contributed by atoms with van der Waals surface area (Å²) in [7, 11) is 1.37. The van der Waals surface area contributed by atoms with E-state index in [9.17, 15) is 19.7 Å². The minimum Gasteiger partial charge on any atom is -0.495 e. The SMILES string of the molecule is CCN(C(=O)C(=O)Nc1cc([N+](=O)[O-])ccc1OC)C(C)(C)C. The molecule has 1 N–H and O–H groups in total. The lowest BCUT2D eigenvalue weighted by Crippen LogP contribution is -2.49. The van der Waals surface area contributed by atoms with Crippen LogP contribution in [0, 0.1) is 10.1 Å². The van der Waals surface area contributed by atoms with Crippen molar-refractivity contribution in [1.29, 1.82) is 0 Å². The van der Waals surface area contributed by atoms with Crippen molar-refractivity contribution in [3.63, 3.8) is 0 Å². The number of nitrogens with zero attached hydrogens (tertiary/aromatic N) is 2. The Balaban J connectivity index is 3.06. The Bertz CT molecular complexity index is 622. The molecule has 0 saturated carbocycles. The van der Waals surface area contributed by atoms with Gasteiger partial charge in [0, 0.05) is 24.2 Å². The average molecular weight is 323 g/mol. The second-order valence-electron chi connectivity index (χ2n) is 5.82. The lowest BCUT2D eigenvalue weighted by atomic mass is 10.1. The number of nitro groups is 1. The maximum atomic E-state index is 12.3. The number of rotatable bonds is 4. The van der Waals surface area contributed by atoms with Gasteiger partial charge in [-0.15, -0.1) is 0 Å². The Labute approximate surface area is 134 Å². The third-order valence-corrected chi connectivity index (χ3v) is 3.21. The summed E-state index contributed by atoms with van der Waals surface area (Å²) in [6.07, 6.45) is 0. The first kappa shape index (κ1) is 18.4. The Morgan fingerprint density at radius 1 is 1.35 bits per heavy atom. The third kappa shape index (κ3) is 4.41. The second-order valence-corrected chi connectivity index (χ2v) is 5.82. The fourth-order valence-electron chi connectivity index (χ4n) is 2.13. The van der Waals surface area contributed by atoms with Crippen LogP contribution in [0.5, 0.6) is 5.75 Å². The van der Waals surface area contributed by atoms with E-state index in [0.717, 1.165) is 6.07 Å². The van der Waals surface area contributed by atoms with Crippen molar-refractivity contribution < 1.29 is 19.2 Å². The van der Waals surface area contributed by atoms with Gasteiger partial charge in [0.25, 0.3) is 5.69 Å². The van der Waals surface area contributed by atoms with E-state index in [0.29, 0.717) is 6.54 Å². The molecule has 0 fully saturated rings. The predicted molar refractivity (Wildman–Crippen MR) is 85.4 cm³/mol. The van der Waals surface area contributed by atoms with Gasteiger partial charge in [-0.05, 0) is 33.8 Å². The van der Waals surface area contributed by atoms with E-state index in [1.165, 1.54) is 24.1 Å². The van der Waals surface area contributed by atoms with Crippen molar-refractivity contribution in [2.24, 2.45) is 0 Å². The number of methoxy groups -OCH3 is 1. The molecule has 8 heteroatoms. The number of nitro benzene ring substituents is 1. The van der Waals surface area contributed by atoms with E-state index < -0.39 is 22.3 Å². The van der Waals surface area contributed by atoms with Gasteiger partial charge in [0.2, 0.25) is 0 Å². The molecule has 0 aliphatic heterocycles. The molecule has 0 unspecified atom stereocenters. The lowest BCUT2D eigenvalue weighted by molar-refractivity contribution is -0.384. The number of non-ortho nitro benzene ring substituents is 1. The van der Waals surface area contributed by atoms with Crippen LogP contribution >= 0.6 is 0 Å². The van der Waals surface area contributed by atoms with Gasteiger partial charge in [0.15, 0.2) is 0 Å². The standard InChI is InChI=1S/C15H21N3O5/c1-6-17(15(2,3)4)14(20)13(19)16-11-9-10(18(21)22)7-8-12(11)23-5/h7-9H,6H2,1-5H3,(H,16,19). The summed E-state index contributed by atoms with van der Waals surface area (Å²) in [6, 6.07) is 3.76. The highest BCUT2D eigenvalue weighted by Gasteiger charge is 2.30. The molecule has 1 aromatic rings. The van der Waals surface area contributed by atoms with Crippen molar-refractivity contribution >= 4 is 23.2 Å². The summed E-state index contributed by atoms with van der Waals surface area (Å²) in [5.41, 5.74) is -0.655. The largest absolute Gasteiger partial charge is 0.495 e. The molecule has 0 bridgehead atoms. The third-order valence-electron chi connectivity index (χ3n) is 3.21. The van der Waals surface area contributed by atoms with Gasteiger partial charge in [-0.1, -0.05) is 0 Å². The second kappa shape index (κ2) is 7.08. The number of carbonyl (C=O) groups is 2. The molecule has 0 radical (unpaired) electrons. The van der Waals surface area contributed by atoms with Gasteiger partial charge in [0.05, 0.1) is 17.7 Å². The number of hydrogen-bond acceptors (Lipinski definition) is 5. The zero-order valence-corrected chi connectivity index (χ0v) is 13.9. The number of hydrogen-bond donors (Lipinski definition) is 1. The van der Waals surface area contributed by atoms with Gasteiger partial charge in [-0.3, -0.25) is 19.7 Å². The summed E-state index contributed by atoms with van der Waals surface area (Å²) < 4.78 is 5.05. The zero-order valence-electron chi connectivity index (χ0n) is 13.9. The van der Waals surface area contributed by atoms with Crippen LogP contribution in [-0.4, -0.2) is 40.8 Å². The summed E-state index contributed by atoms with van der Waals surface area (Å²) in [4.78, 5) is 36.1. The number of likely N-dealkylation sites (N-methyl/N-ethyl adjacent to an activating group) is 1. The van der Waals surface area contributed by atoms with Crippen molar-refractivity contribution in [2.75, 3.05) is 19.0 Å². The molecule has 0 atom stereocenters. The van der Waals surface area contributed by atoms with Gasteiger partial charge >= 0.3 is 11.8 Å². The number of benzene rings is 1. The molecule has 0 saturated heterocycles. The van der Waals surface area contributed by atoms with Crippen molar-refractivity contribution in [2.45, 2.75) is 33.2 Å². The fourth-order valence-corrected chi connectivity index (χ4v) is 2.13. The first-order valence-corrected chi connectivity index (χ1v) is 7.07. The van der Waals surface area contributed by atoms with Crippen molar-refractivity contribution in [3.8, 4) is 5.75 Å². The number of anilines is 1. The van der Waals surface area contributed by atoms with Crippen LogP contribution in [0.3, 0.4) is 0 Å². The quantitative estimate of drug-likeness (QED) is 0.520. The van der Waals surface area contributed by atoms with E-state index in [4.69, 9.17) is 4.74 Å². The first-order valence-electron chi connectivity index (χ1n) is 7.07. The monoisotopic (exact) mass is 323 g/mol. The Morgan fingerprint density at radius 3 is 2.39 bits per heavy atom. The molecule has 0 heterocycles. The summed E-state index contributed by atoms with van der Waals surface area (Å²) in [5.74, 6) is -1.36. The van der Waals surface area contributed by atoms with E-state index in [1.807, 2.05) is 20.8 Å². The molecule has 0 aliphatic carbocycles. The molecule has 126 valence electrons. The van der Waals surface area contributed by atoms with Crippen LogP contribution in [0.25, 0.3) is 0 Å². The number of amides is 2. The van der Waals surface area contributed by atoms with E-state index in [1.54, 1.807) is 6.92 Å². The summed E-state index contributed by atoms with van der Waals surface area (Å²) in [5, 5.41) is 13.2. The number of nitrogens with one attached hydrogen (secondary N) is 1. The minimum atomic E-state index is -0.874. The van der Waals surface area contributed by atoms with Crippen LogP contribution in [0.2, 0.25) is 0 Å². The molecule has 23 heavy (non-hydrogen) atoms. The Hall–Kier alpha value is -2.64. The smallest absolute Gasteiger partial charge is 0.314 e. The van der Waals surface area contributed by atoms with Crippen LogP contribution in [-0.2, 0) is 9.59 Å². The van der Waals surface area contributed by atoms with Gasteiger partial charge < -0.3 is 15.0 Å². The highest BCUT2D eigenvalue weighted by Crippen LogP contribution is 2.29. The minimum absolute atomic E-state index is 0.0741. The van der Waals surface area contributed by atoms with Crippen LogP contribution < -0.4 is 10.1 Å². The summed E-state index contributed by atoms with van der Waals surface area (Å²) in [6.45, 7) is 7.58. The molecule has 0 aromatic heterocycles. The normalized spacial score (nSPS) is 10.8. The van der Waals surface area contributed by atoms with Crippen LogP contribution in [0.1, 0.15) is 27.7 Å². The molecular weight excluding hydrogens is 302 g/mol. The van der Waals surface area contributed by atoms with Gasteiger partial charge in [0.1, 0.15) is 5.75 Å². The van der Waals surface area contributed by atoms with E-state index >= 15 is 0 Å². The molecule has 1 rings (SSSR count). The molecule has 0 spiro atoms. The van der Waals surface area contributed by atoms with E-state index in [2.05, 4.69) is 5.32 Å². The molecular formula is C15H21N3O5. The maximum Gasteiger partial charge on any atom is 0.314 e.